The molecule has 2 heterocycles. The van der Waals surface area contributed by atoms with Crippen molar-refractivity contribution in [3.63, 3.8) is 0 Å². The monoisotopic (exact) mass is 325 g/mol. The van der Waals surface area contributed by atoms with Gasteiger partial charge in [0, 0.05) is 23.4 Å². The highest BCUT2D eigenvalue weighted by atomic mass is 32.1. The van der Waals surface area contributed by atoms with Gasteiger partial charge in [0.1, 0.15) is 5.69 Å². The van der Waals surface area contributed by atoms with Crippen molar-refractivity contribution in [2.24, 2.45) is 5.73 Å². The van der Waals surface area contributed by atoms with Crippen molar-refractivity contribution in [2.75, 3.05) is 6.54 Å². The van der Waals surface area contributed by atoms with E-state index < -0.39 is 11.5 Å². The van der Waals surface area contributed by atoms with E-state index in [9.17, 15) is 14.7 Å². The number of nitrogens with two attached hydrogens (primary N) is 1. The molecular formula is C15H23N3O3S. The molecule has 0 spiro atoms. The van der Waals surface area contributed by atoms with Crippen LogP contribution in [0.2, 0.25) is 0 Å². The van der Waals surface area contributed by atoms with E-state index in [1.54, 1.807) is 18.7 Å². The number of rotatable bonds is 4. The molecule has 0 saturated carbocycles. The first kappa shape index (κ1) is 16.9. The van der Waals surface area contributed by atoms with Crippen LogP contribution in [0.25, 0.3) is 0 Å². The van der Waals surface area contributed by atoms with E-state index in [-0.39, 0.29) is 28.6 Å². The Morgan fingerprint density at radius 1 is 1.50 bits per heavy atom. The lowest BCUT2D eigenvalue weighted by atomic mass is 9.90. The van der Waals surface area contributed by atoms with Gasteiger partial charge in [0.05, 0.1) is 5.60 Å². The predicted molar refractivity (Wildman–Crippen MR) is 85.1 cm³/mol. The Labute approximate surface area is 134 Å². The number of carbonyl (C=O) groups is 2. The minimum absolute atomic E-state index is 0.112. The van der Waals surface area contributed by atoms with Crippen LogP contribution >= 0.6 is 11.3 Å². The standard InChI is InChI=1S/C15H23N3O3S/c1-8-6-5-7-18(8)14(20)10-11(9(2)15(3,4)21)22-13(17-10)12(16)19/h8-9,21H,5-7H2,1-4H3,(H2,16,19)/t8-,9+/m0/s1. The summed E-state index contributed by atoms with van der Waals surface area (Å²) >= 11 is 1.10. The molecule has 1 aromatic rings. The first-order chi connectivity index (χ1) is 10.1. The second-order valence-corrected chi connectivity index (χ2v) is 7.49. The molecule has 1 saturated heterocycles. The van der Waals surface area contributed by atoms with Gasteiger partial charge in [-0.25, -0.2) is 4.98 Å². The number of nitrogens with zero attached hydrogens (tertiary/aromatic N) is 2. The molecule has 0 bridgehead atoms. The SMILES string of the molecule is C[C@H](c1sc(C(N)=O)nc1C(=O)N1CCC[C@@H]1C)C(C)(C)O. The third-order valence-electron chi connectivity index (χ3n) is 4.33. The second-order valence-electron chi connectivity index (χ2n) is 6.46. The van der Waals surface area contributed by atoms with Crippen LogP contribution < -0.4 is 5.73 Å². The molecule has 0 radical (unpaired) electrons. The smallest absolute Gasteiger partial charge is 0.277 e. The summed E-state index contributed by atoms with van der Waals surface area (Å²) in [5.74, 6) is -1.16. The summed E-state index contributed by atoms with van der Waals surface area (Å²) in [6.07, 6.45) is 1.94. The number of amides is 2. The number of hydrogen-bond acceptors (Lipinski definition) is 5. The first-order valence-corrected chi connectivity index (χ1v) is 8.28. The highest BCUT2D eigenvalue weighted by Crippen LogP contribution is 2.35. The minimum Gasteiger partial charge on any atom is -0.390 e. The van der Waals surface area contributed by atoms with E-state index in [2.05, 4.69) is 4.98 Å². The first-order valence-electron chi connectivity index (χ1n) is 7.46. The van der Waals surface area contributed by atoms with Crippen LogP contribution in [0.3, 0.4) is 0 Å². The summed E-state index contributed by atoms with van der Waals surface area (Å²) in [4.78, 5) is 30.8. The zero-order chi connectivity index (χ0) is 16.7. The Morgan fingerprint density at radius 2 is 2.14 bits per heavy atom. The molecule has 1 aromatic heterocycles. The van der Waals surface area contributed by atoms with Crippen molar-refractivity contribution in [1.82, 2.24) is 9.88 Å². The van der Waals surface area contributed by atoms with Crippen LogP contribution in [0.1, 0.15) is 71.6 Å². The van der Waals surface area contributed by atoms with E-state index in [4.69, 9.17) is 5.73 Å². The highest BCUT2D eigenvalue weighted by molar-refractivity contribution is 7.14. The minimum atomic E-state index is -1.02. The maximum Gasteiger partial charge on any atom is 0.277 e. The number of thiazole rings is 1. The van der Waals surface area contributed by atoms with Crippen LogP contribution in [0, 0.1) is 0 Å². The zero-order valence-corrected chi connectivity index (χ0v) is 14.2. The van der Waals surface area contributed by atoms with Crippen LogP contribution in [-0.4, -0.2) is 45.0 Å². The van der Waals surface area contributed by atoms with Crippen LogP contribution in [-0.2, 0) is 0 Å². The van der Waals surface area contributed by atoms with Gasteiger partial charge in [0.25, 0.3) is 11.8 Å². The van der Waals surface area contributed by atoms with Crippen molar-refractivity contribution in [3.8, 4) is 0 Å². The molecule has 2 atom stereocenters. The third-order valence-corrected chi connectivity index (χ3v) is 5.59. The third kappa shape index (κ3) is 3.15. The zero-order valence-electron chi connectivity index (χ0n) is 13.4. The van der Waals surface area contributed by atoms with Gasteiger partial charge in [0.15, 0.2) is 5.01 Å². The lowest BCUT2D eigenvalue weighted by Crippen LogP contribution is -2.35. The lowest BCUT2D eigenvalue weighted by Gasteiger charge is -2.26. The maximum absolute atomic E-state index is 12.8. The van der Waals surface area contributed by atoms with Gasteiger partial charge >= 0.3 is 0 Å². The molecule has 2 rings (SSSR count). The fourth-order valence-corrected chi connectivity index (χ4v) is 3.72. The molecule has 22 heavy (non-hydrogen) atoms. The number of hydrogen-bond donors (Lipinski definition) is 2. The van der Waals surface area contributed by atoms with Crippen molar-refractivity contribution in [1.29, 1.82) is 0 Å². The van der Waals surface area contributed by atoms with E-state index in [0.717, 1.165) is 24.2 Å². The average Bonchev–Trinajstić information content (AvgIpc) is 3.02. The van der Waals surface area contributed by atoms with Crippen LogP contribution in [0.15, 0.2) is 0 Å². The summed E-state index contributed by atoms with van der Waals surface area (Å²) in [5.41, 5.74) is 4.54. The molecular weight excluding hydrogens is 302 g/mol. The molecule has 3 N–H and O–H groups in total. The Hall–Kier alpha value is -1.47. The summed E-state index contributed by atoms with van der Waals surface area (Å²) < 4.78 is 0. The molecule has 122 valence electrons. The Bertz CT molecular complexity index is 591. The molecule has 0 unspecified atom stereocenters. The molecule has 0 aliphatic carbocycles. The largest absolute Gasteiger partial charge is 0.390 e. The average molecular weight is 325 g/mol. The van der Waals surface area contributed by atoms with Crippen molar-refractivity contribution in [3.05, 3.63) is 15.6 Å². The number of aromatic nitrogens is 1. The van der Waals surface area contributed by atoms with E-state index >= 15 is 0 Å². The maximum atomic E-state index is 12.8. The van der Waals surface area contributed by atoms with E-state index in [0.29, 0.717) is 11.4 Å². The van der Waals surface area contributed by atoms with Gasteiger partial charge < -0.3 is 15.7 Å². The topological polar surface area (TPSA) is 96.5 Å². The Balaban J connectivity index is 2.45. The lowest BCUT2D eigenvalue weighted by molar-refractivity contribution is 0.0559. The van der Waals surface area contributed by atoms with Gasteiger partial charge in [-0.2, -0.15) is 0 Å². The van der Waals surface area contributed by atoms with E-state index in [1.807, 2.05) is 13.8 Å². The highest BCUT2D eigenvalue weighted by Gasteiger charge is 2.35. The summed E-state index contributed by atoms with van der Waals surface area (Å²) in [5, 5.41) is 10.4. The van der Waals surface area contributed by atoms with Gasteiger partial charge in [-0.1, -0.05) is 6.92 Å². The van der Waals surface area contributed by atoms with Crippen LogP contribution in [0.5, 0.6) is 0 Å². The number of aliphatic hydroxyl groups is 1. The van der Waals surface area contributed by atoms with Crippen molar-refractivity contribution >= 4 is 23.2 Å². The Kier molecular flexibility index (Phi) is 4.58. The fourth-order valence-electron chi connectivity index (χ4n) is 2.58. The van der Waals surface area contributed by atoms with Crippen molar-refractivity contribution in [2.45, 2.75) is 58.1 Å². The Morgan fingerprint density at radius 3 is 2.59 bits per heavy atom. The molecule has 1 aliphatic heterocycles. The second kappa shape index (κ2) is 5.96. The van der Waals surface area contributed by atoms with Crippen molar-refractivity contribution < 1.29 is 14.7 Å². The molecule has 1 fully saturated rings. The van der Waals surface area contributed by atoms with Gasteiger partial charge in [-0.3, -0.25) is 9.59 Å². The summed E-state index contributed by atoms with van der Waals surface area (Å²) in [7, 11) is 0. The quantitative estimate of drug-likeness (QED) is 0.881. The van der Waals surface area contributed by atoms with Crippen LogP contribution in [0.4, 0.5) is 0 Å². The van der Waals surface area contributed by atoms with Gasteiger partial charge in [-0.05, 0) is 33.6 Å². The summed E-state index contributed by atoms with van der Waals surface area (Å²) in [6, 6.07) is 0.163. The molecule has 0 aromatic carbocycles. The predicted octanol–water partition coefficient (Wildman–Crippen LogP) is 1.74. The molecule has 7 heteroatoms. The number of likely N-dealkylation sites (tertiary alicyclic amines) is 1. The normalized spacial score (nSPS) is 20.2. The molecule has 1 aliphatic rings. The number of carbonyl (C=O) groups excluding carboxylic acids is 2. The van der Waals surface area contributed by atoms with E-state index in [1.165, 1.54) is 0 Å². The van der Waals surface area contributed by atoms with Gasteiger partial charge in [0.2, 0.25) is 0 Å². The summed E-state index contributed by atoms with van der Waals surface area (Å²) in [6.45, 7) is 7.87. The molecule has 2 amide bonds. The fraction of sp³-hybridized carbons (Fsp3) is 0.667. The van der Waals surface area contributed by atoms with Gasteiger partial charge in [-0.15, -0.1) is 11.3 Å². The number of primary amides is 1. The molecule has 6 nitrogen and oxygen atoms in total.